The van der Waals surface area contributed by atoms with Gasteiger partial charge in [0.05, 0.1) is 23.6 Å². The highest BCUT2D eigenvalue weighted by atomic mass is 32.2. The Kier molecular flexibility index (Phi) is 3.19. The van der Waals surface area contributed by atoms with E-state index in [1.165, 1.54) is 6.26 Å². The van der Waals surface area contributed by atoms with Crippen LogP contribution in [0.5, 0.6) is 0 Å². The Morgan fingerprint density at radius 1 is 1.59 bits per heavy atom. The van der Waals surface area contributed by atoms with Crippen LogP contribution in [0, 0.1) is 0 Å². The molecule has 0 saturated carbocycles. The van der Waals surface area contributed by atoms with Gasteiger partial charge in [-0.2, -0.15) is 0 Å². The number of aliphatic carboxylic acids is 1. The zero-order valence-electron chi connectivity index (χ0n) is 9.13. The van der Waals surface area contributed by atoms with Gasteiger partial charge in [0.25, 0.3) is 0 Å². The molecule has 1 aliphatic rings. The number of oxazole rings is 1. The Labute approximate surface area is 98.6 Å². The minimum atomic E-state index is -2.94. The lowest BCUT2D eigenvalue weighted by molar-refractivity contribution is -0.137. The fraction of sp³-hybridized carbons (Fsp3) is 0.600. The van der Waals surface area contributed by atoms with Crippen molar-refractivity contribution >= 4 is 15.8 Å². The number of hydrogen-bond donors (Lipinski definition) is 1. The largest absolute Gasteiger partial charge is 0.481 e. The predicted molar refractivity (Wildman–Crippen MR) is 58.5 cm³/mol. The van der Waals surface area contributed by atoms with Gasteiger partial charge in [0.15, 0.2) is 15.7 Å². The predicted octanol–water partition coefficient (Wildman–Crippen LogP) is 0.594. The lowest BCUT2D eigenvalue weighted by atomic mass is 10.1. The Balaban J connectivity index is 2.01. The molecule has 0 aliphatic carbocycles. The molecule has 17 heavy (non-hydrogen) atoms. The first-order valence-electron chi connectivity index (χ1n) is 5.33. The molecule has 1 N–H and O–H groups in total. The summed E-state index contributed by atoms with van der Waals surface area (Å²) in [7, 11) is -2.94. The monoisotopic (exact) mass is 259 g/mol. The van der Waals surface area contributed by atoms with Gasteiger partial charge >= 0.3 is 5.97 Å². The van der Waals surface area contributed by atoms with Crippen molar-refractivity contribution in [1.29, 1.82) is 0 Å². The van der Waals surface area contributed by atoms with E-state index in [4.69, 9.17) is 9.52 Å². The summed E-state index contributed by atoms with van der Waals surface area (Å²) in [5.41, 5.74) is 0.617. The molecule has 2 heterocycles. The third kappa shape index (κ3) is 3.06. The van der Waals surface area contributed by atoms with Gasteiger partial charge in [-0.05, 0) is 6.42 Å². The van der Waals surface area contributed by atoms with Gasteiger partial charge in [-0.3, -0.25) is 4.79 Å². The van der Waals surface area contributed by atoms with Crippen molar-refractivity contribution in [3.8, 4) is 0 Å². The summed E-state index contributed by atoms with van der Waals surface area (Å²) in [6, 6.07) is 0. The van der Waals surface area contributed by atoms with E-state index in [-0.39, 0.29) is 30.3 Å². The minimum Gasteiger partial charge on any atom is -0.481 e. The van der Waals surface area contributed by atoms with Crippen LogP contribution in [-0.4, -0.2) is 36.0 Å². The van der Waals surface area contributed by atoms with Crippen LogP contribution in [-0.2, 0) is 21.1 Å². The van der Waals surface area contributed by atoms with E-state index in [9.17, 15) is 13.2 Å². The van der Waals surface area contributed by atoms with Crippen LogP contribution in [0.2, 0.25) is 0 Å². The van der Waals surface area contributed by atoms with Crippen molar-refractivity contribution in [2.24, 2.45) is 0 Å². The highest BCUT2D eigenvalue weighted by Crippen LogP contribution is 2.28. The van der Waals surface area contributed by atoms with Crippen LogP contribution in [0.1, 0.15) is 30.3 Å². The molecule has 94 valence electrons. The molecule has 0 amide bonds. The van der Waals surface area contributed by atoms with Crippen LogP contribution < -0.4 is 0 Å². The van der Waals surface area contributed by atoms with E-state index in [0.29, 0.717) is 18.0 Å². The summed E-state index contributed by atoms with van der Waals surface area (Å²) in [5.74, 6) is -0.366. The molecule has 1 unspecified atom stereocenters. The summed E-state index contributed by atoms with van der Waals surface area (Å²) in [6.07, 6.45) is 2.19. The second-order valence-electron chi connectivity index (χ2n) is 4.16. The zero-order valence-corrected chi connectivity index (χ0v) is 9.94. The molecule has 7 heteroatoms. The van der Waals surface area contributed by atoms with Crippen molar-refractivity contribution in [3.63, 3.8) is 0 Å². The average Bonchev–Trinajstić information content (AvgIpc) is 2.81. The molecular weight excluding hydrogens is 246 g/mol. The van der Waals surface area contributed by atoms with E-state index in [0.717, 1.165) is 0 Å². The lowest BCUT2D eigenvalue weighted by Gasteiger charge is -2.00. The quantitative estimate of drug-likeness (QED) is 0.850. The van der Waals surface area contributed by atoms with Crippen LogP contribution in [0.3, 0.4) is 0 Å². The van der Waals surface area contributed by atoms with Crippen LogP contribution in [0.25, 0.3) is 0 Å². The maximum Gasteiger partial charge on any atom is 0.303 e. The standard InChI is InChI=1S/C10H13NO5S/c12-10(13)2-1-9-11-8(5-16-9)7-3-4-17(14,15)6-7/h5,7H,1-4,6H2,(H,12,13). The summed E-state index contributed by atoms with van der Waals surface area (Å²) in [4.78, 5) is 14.5. The number of aryl methyl sites for hydroxylation is 1. The van der Waals surface area contributed by atoms with Gasteiger partial charge in [0.2, 0.25) is 0 Å². The first kappa shape index (κ1) is 12.1. The zero-order chi connectivity index (χ0) is 12.5. The van der Waals surface area contributed by atoms with E-state index in [1.54, 1.807) is 0 Å². The first-order valence-corrected chi connectivity index (χ1v) is 7.15. The van der Waals surface area contributed by atoms with Crippen molar-refractivity contribution in [2.45, 2.75) is 25.2 Å². The molecule has 1 aliphatic heterocycles. The molecule has 6 nitrogen and oxygen atoms in total. The molecule has 0 aromatic carbocycles. The van der Waals surface area contributed by atoms with Gasteiger partial charge < -0.3 is 9.52 Å². The van der Waals surface area contributed by atoms with Crippen molar-refractivity contribution < 1.29 is 22.7 Å². The second-order valence-corrected chi connectivity index (χ2v) is 6.39. The van der Waals surface area contributed by atoms with Gasteiger partial charge in [-0.15, -0.1) is 0 Å². The number of aromatic nitrogens is 1. The molecule has 1 saturated heterocycles. The Bertz CT molecular complexity index is 519. The lowest BCUT2D eigenvalue weighted by Crippen LogP contribution is -2.04. The molecule has 0 bridgehead atoms. The molecule has 2 rings (SSSR count). The van der Waals surface area contributed by atoms with Gasteiger partial charge in [0.1, 0.15) is 6.26 Å². The Morgan fingerprint density at radius 2 is 2.35 bits per heavy atom. The van der Waals surface area contributed by atoms with Crippen LogP contribution in [0.4, 0.5) is 0 Å². The summed E-state index contributed by atoms with van der Waals surface area (Å²) >= 11 is 0. The number of carboxylic acid groups (broad SMARTS) is 1. The third-order valence-corrected chi connectivity index (χ3v) is 4.54. The molecule has 1 aromatic rings. The number of sulfone groups is 1. The third-order valence-electron chi connectivity index (χ3n) is 2.77. The van der Waals surface area contributed by atoms with Gasteiger partial charge in [-0.1, -0.05) is 0 Å². The number of hydrogen-bond acceptors (Lipinski definition) is 5. The van der Waals surface area contributed by atoms with E-state index < -0.39 is 15.8 Å². The van der Waals surface area contributed by atoms with Gasteiger partial charge in [0, 0.05) is 12.3 Å². The maximum atomic E-state index is 11.3. The summed E-state index contributed by atoms with van der Waals surface area (Å²) in [5, 5.41) is 8.51. The molecule has 0 radical (unpaired) electrons. The molecule has 0 spiro atoms. The van der Waals surface area contributed by atoms with Crippen LogP contribution >= 0.6 is 0 Å². The first-order chi connectivity index (χ1) is 7.96. The number of rotatable bonds is 4. The molecular formula is C10H13NO5S. The maximum absolute atomic E-state index is 11.3. The van der Waals surface area contributed by atoms with E-state index >= 15 is 0 Å². The average molecular weight is 259 g/mol. The molecule has 1 fully saturated rings. The number of carbonyl (C=O) groups is 1. The highest BCUT2D eigenvalue weighted by Gasteiger charge is 2.31. The van der Waals surface area contributed by atoms with Gasteiger partial charge in [-0.25, -0.2) is 13.4 Å². The smallest absolute Gasteiger partial charge is 0.303 e. The van der Waals surface area contributed by atoms with E-state index in [1.807, 2.05) is 0 Å². The van der Waals surface area contributed by atoms with Crippen molar-refractivity contribution in [2.75, 3.05) is 11.5 Å². The number of nitrogens with zero attached hydrogens (tertiary/aromatic N) is 1. The van der Waals surface area contributed by atoms with Crippen molar-refractivity contribution in [3.05, 3.63) is 17.8 Å². The van der Waals surface area contributed by atoms with E-state index in [2.05, 4.69) is 4.98 Å². The Hall–Kier alpha value is -1.37. The highest BCUT2D eigenvalue weighted by molar-refractivity contribution is 7.91. The fourth-order valence-electron chi connectivity index (χ4n) is 1.87. The molecule has 1 aromatic heterocycles. The minimum absolute atomic E-state index is 0.0388. The SMILES string of the molecule is O=C(O)CCc1nc(C2CCS(=O)(=O)C2)co1. The van der Waals surface area contributed by atoms with Crippen molar-refractivity contribution in [1.82, 2.24) is 4.98 Å². The Morgan fingerprint density at radius 3 is 2.94 bits per heavy atom. The second kappa shape index (κ2) is 4.48. The summed E-state index contributed by atoms with van der Waals surface area (Å²) in [6.45, 7) is 0. The summed E-state index contributed by atoms with van der Waals surface area (Å²) < 4.78 is 27.7. The van der Waals surface area contributed by atoms with Crippen LogP contribution in [0.15, 0.2) is 10.7 Å². The molecule has 1 atom stereocenters. The topological polar surface area (TPSA) is 97.5 Å². The normalized spacial score (nSPS) is 22.7. The number of carboxylic acids is 1. The fourth-order valence-corrected chi connectivity index (χ4v) is 3.63.